The van der Waals surface area contributed by atoms with Crippen molar-refractivity contribution in [2.45, 2.75) is 32.0 Å². The van der Waals surface area contributed by atoms with Crippen LogP contribution >= 0.6 is 0 Å². The fourth-order valence-electron chi connectivity index (χ4n) is 3.10. The van der Waals surface area contributed by atoms with Gasteiger partial charge >= 0.3 is 12.1 Å². The Morgan fingerprint density at radius 1 is 1.30 bits per heavy atom. The molecule has 30 heavy (non-hydrogen) atoms. The van der Waals surface area contributed by atoms with Crippen LogP contribution in [0.3, 0.4) is 0 Å². The highest BCUT2D eigenvalue weighted by molar-refractivity contribution is 7.88. The van der Waals surface area contributed by atoms with Gasteiger partial charge in [-0.2, -0.15) is 18.2 Å². The van der Waals surface area contributed by atoms with Crippen molar-refractivity contribution < 1.29 is 35.6 Å². The first kappa shape index (κ1) is 22.2. The Hall–Kier alpha value is -2.47. The van der Waals surface area contributed by atoms with Gasteiger partial charge in [-0.1, -0.05) is 17.3 Å². The first-order valence-electron chi connectivity index (χ1n) is 9.12. The summed E-state index contributed by atoms with van der Waals surface area (Å²) >= 11 is 0. The van der Waals surface area contributed by atoms with Gasteiger partial charge < -0.3 is 9.26 Å². The lowest BCUT2D eigenvalue weighted by Crippen LogP contribution is -2.40. The molecule has 0 spiro atoms. The number of rotatable bonds is 5. The Kier molecular flexibility index (Phi) is 6.18. The Bertz CT molecular complexity index is 1010. The predicted molar refractivity (Wildman–Crippen MR) is 98.4 cm³/mol. The van der Waals surface area contributed by atoms with E-state index in [4.69, 9.17) is 9.26 Å². The van der Waals surface area contributed by atoms with Gasteiger partial charge in [-0.3, -0.25) is 4.79 Å². The third-order valence-corrected chi connectivity index (χ3v) is 6.09. The van der Waals surface area contributed by atoms with Crippen molar-refractivity contribution in [3.63, 3.8) is 0 Å². The van der Waals surface area contributed by atoms with E-state index in [1.54, 1.807) is 0 Å². The maximum Gasteiger partial charge on any atom is 0.416 e. The van der Waals surface area contributed by atoms with E-state index < -0.39 is 39.8 Å². The van der Waals surface area contributed by atoms with Crippen molar-refractivity contribution in [1.29, 1.82) is 0 Å². The summed E-state index contributed by atoms with van der Waals surface area (Å²) in [6, 6.07) is 4.49. The van der Waals surface area contributed by atoms with Gasteiger partial charge in [-0.25, -0.2) is 12.7 Å². The minimum atomic E-state index is -4.50. The fourth-order valence-corrected chi connectivity index (χ4v) is 3.97. The quantitative estimate of drug-likeness (QED) is 0.649. The molecule has 0 bridgehead atoms. The number of carbonyl (C=O) groups excluding carboxylic acids is 1. The molecule has 0 aliphatic carbocycles. The molecule has 2 aromatic rings. The van der Waals surface area contributed by atoms with Crippen LogP contribution < -0.4 is 0 Å². The zero-order valence-corrected chi connectivity index (χ0v) is 17.0. The fraction of sp³-hybridized carbons (Fsp3) is 0.500. The lowest BCUT2D eigenvalue weighted by molar-refractivity contribution is -0.156. The molecule has 1 aromatic heterocycles. The molecular weight excluding hydrogens is 427 g/mol. The molecule has 1 aliphatic rings. The van der Waals surface area contributed by atoms with Crippen LogP contribution in [-0.4, -0.2) is 48.2 Å². The van der Waals surface area contributed by atoms with E-state index >= 15 is 0 Å². The molecule has 2 heterocycles. The van der Waals surface area contributed by atoms with Gasteiger partial charge in [0.1, 0.15) is 0 Å². The van der Waals surface area contributed by atoms with E-state index in [-0.39, 0.29) is 30.4 Å². The highest BCUT2D eigenvalue weighted by Gasteiger charge is 2.32. The highest BCUT2D eigenvalue weighted by atomic mass is 32.2. The van der Waals surface area contributed by atoms with Crippen molar-refractivity contribution in [2.75, 3.05) is 19.3 Å². The van der Waals surface area contributed by atoms with E-state index in [9.17, 15) is 26.4 Å². The van der Waals surface area contributed by atoms with E-state index in [1.807, 2.05) is 0 Å². The molecule has 1 saturated heterocycles. The van der Waals surface area contributed by atoms with Crippen LogP contribution in [0.15, 0.2) is 28.8 Å². The smallest absolute Gasteiger partial charge is 0.416 e. The number of esters is 1. The number of alkyl halides is 3. The van der Waals surface area contributed by atoms with Crippen LogP contribution in [0.4, 0.5) is 13.2 Å². The molecule has 1 aliphatic heterocycles. The Morgan fingerprint density at radius 3 is 2.57 bits per heavy atom. The van der Waals surface area contributed by atoms with Gasteiger partial charge in [-0.15, -0.1) is 0 Å². The molecule has 0 N–H and O–H groups in total. The molecule has 1 aromatic carbocycles. The number of hydrogen-bond donors (Lipinski definition) is 0. The first-order chi connectivity index (χ1) is 13.9. The number of nitrogens with zero attached hydrogens (tertiary/aromatic N) is 3. The molecule has 1 fully saturated rings. The second kappa shape index (κ2) is 8.34. The summed E-state index contributed by atoms with van der Waals surface area (Å²) in [7, 11) is -3.30. The number of hydrogen-bond acceptors (Lipinski definition) is 7. The molecule has 8 nitrogen and oxygen atoms in total. The minimum absolute atomic E-state index is 0.0515. The van der Waals surface area contributed by atoms with Crippen molar-refractivity contribution >= 4 is 16.0 Å². The monoisotopic (exact) mass is 447 g/mol. The molecule has 0 amide bonds. The number of carbonyl (C=O) groups is 1. The van der Waals surface area contributed by atoms with Crippen LogP contribution in [0.5, 0.6) is 0 Å². The molecule has 164 valence electrons. The van der Waals surface area contributed by atoms with E-state index in [0.29, 0.717) is 12.8 Å². The molecular formula is C18H20F3N3O5S. The summed E-state index contributed by atoms with van der Waals surface area (Å²) in [5.74, 6) is -1.09. The van der Waals surface area contributed by atoms with Gasteiger partial charge in [0.05, 0.1) is 17.7 Å². The Balaban J connectivity index is 1.63. The van der Waals surface area contributed by atoms with Gasteiger partial charge in [0.15, 0.2) is 6.10 Å². The van der Waals surface area contributed by atoms with Crippen molar-refractivity contribution in [3.05, 3.63) is 35.7 Å². The van der Waals surface area contributed by atoms with E-state index in [0.717, 1.165) is 18.4 Å². The number of piperidine rings is 1. The molecule has 0 radical (unpaired) electrons. The van der Waals surface area contributed by atoms with Gasteiger partial charge in [0, 0.05) is 18.7 Å². The molecule has 12 heteroatoms. The van der Waals surface area contributed by atoms with Crippen molar-refractivity contribution in [1.82, 2.24) is 14.4 Å². The number of sulfonamides is 1. The highest BCUT2D eigenvalue weighted by Crippen LogP contribution is 2.32. The number of benzene rings is 1. The number of ether oxygens (including phenoxy) is 1. The van der Waals surface area contributed by atoms with Gasteiger partial charge in [0.25, 0.3) is 5.89 Å². The summed E-state index contributed by atoms with van der Waals surface area (Å²) in [5, 5.41) is 3.67. The summed E-state index contributed by atoms with van der Waals surface area (Å²) in [6.45, 7) is 1.97. The third-order valence-electron chi connectivity index (χ3n) is 4.79. The van der Waals surface area contributed by atoms with Crippen molar-refractivity contribution in [3.8, 4) is 11.4 Å². The summed E-state index contributed by atoms with van der Waals surface area (Å²) in [4.78, 5) is 16.4. The maximum absolute atomic E-state index is 12.9. The SMILES string of the molecule is CC(OC(=O)C1CCN(S(C)(=O)=O)CC1)c1nc(-c2cccc(C(F)(F)F)c2)no1. The first-order valence-corrected chi connectivity index (χ1v) is 11.0. The topological polar surface area (TPSA) is 103 Å². The van der Waals surface area contributed by atoms with Gasteiger partial charge in [-0.05, 0) is 31.9 Å². The molecule has 0 saturated carbocycles. The summed E-state index contributed by atoms with van der Waals surface area (Å²) in [5.41, 5.74) is -0.724. The average Bonchev–Trinajstić information content (AvgIpc) is 3.17. The predicted octanol–water partition coefficient (Wildman–Crippen LogP) is 3.03. The van der Waals surface area contributed by atoms with Crippen LogP contribution in [0.25, 0.3) is 11.4 Å². The number of halogens is 3. The molecule has 1 unspecified atom stereocenters. The summed E-state index contributed by atoms with van der Waals surface area (Å²) in [6.07, 6.45) is -3.63. The molecule has 1 atom stereocenters. The average molecular weight is 447 g/mol. The van der Waals surface area contributed by atoms with E-state index in [1.165, 1.54) is 23.4 Å². The normalized spacial score (nSPS) is 17.6. The molecule has 3 rings (SSSR count). The second-order valence-electron chi connectivity index (χ2n) is 7.05. The van der Waals surface area contributed by atoms with Gasteiger partial charge in [0.2, 0.25) is 15.8 Å². The zero-order chi connectivity index (χ0) is 22.1. The summed E-state index contributed by atoms with van der Waals surface area (Å²) < 4.78 is 73.4. The standard InChI is InChI=1S/C18H20F3N3O5S/c1-11(28-17(25)12-6-8-24(9-7-12)30(2,26)27)16-22-15(23-29-16)13-4-3-5-14(10-13)18(19,20)21/h3-5,10-12H,6-9H2,1-2H3. The third kappa shape index (κ3) is 5.17. The Morgan fingerprint density at radius 2 is 1.97 bits per heavy atom. The maximum atomic E-state index is 12.9. The zero-order valence-electron chi connectivity index (χ0n) is 16.2. The second-order valence-corrected chi connectivity index (χ2v) is 9.03. The van der Waals surface area contributed by atoms with Crippen LogP contribution in [-0.2, 0) is 25.7 Å². The van der Waals surface area contributed by atoms with Crippen LogP contribution in [0, 0.1) is 5.92 Å². The van der Waals surface area contributed by atoms with Crippen LogP contribution in [0.2, 0.25) is 0 Å². The lowest BCUT2D eigenvalue weighted by Gasteiger charge is -2.29. The van der Waals surface area contributed by atoms with E-state index in [2.05, 4.69) is 10.1 Å². The number of aromatic nitrogens is 2. The minimum Gasteiger partial charge on any atom is -0.452 e. The Labute approximate surface area is 171 Å². The van der Waals surface area contributed by atoms with Crippen LogP contribution in [0.1, 0.15) is 37.3 Å². The lowest BCUT2D eigenvalue weighted by atomic mass is 9.98. The largest absolute Gasteiger partial charge is 0.452 e. The van der Waals surface area contributed by atoms with Crippen molar-refractivity contribution in [2.24, 2.45) is 5.92 Å².